The number of amides is 1. The van der Waals surface area contributed by atoms with Crippen LogP contribution in [0.25, 0.3) is 0 Å². The van der Waals surface area contributed by atoms with Gasteiger partial charge in [-0.05, 0) is 60.4 Å². The van der Waals surface area contributed by atoms with E-state index >= 15 is 0 Å². The van der Waals surface area contributed by atoms with Crippen molar-refractivity contribution in [3.63, 3.8) is 0 Å². The molecule has 0 saturated carbocycles. The van der Waals surface area contributed by atoms with Gasteiger partial charge >= 0.3 is 5.97 Å². The molecule has 3 aromatic rings. The Morgan fingerprint density at radius 2 is 1.62 bits per heavy atom. The number of aryl methyl sites for hydroxylation is 1. The summed E-state index contributed by atoms with van der Waals surface area (Å²) in [6.07, 6.45) is 4.50. The van der Waals surface area contributed by atoms with Crippen molar-refractivity contribution in [1.82, 2.24) is 0 Å². The molecule has 0 aliphatic carbocycles. The van der Waals surface area contributed by atoms with Crippen LogP contribution in [0.15, 0.2) is 72.8 Å². The highest BCUT2D eigenvalue weighted by atomic mass is 32.2. The molecule has 1 aliphatic rings. The largest absolute Gasteiger partial charge is 0.427 e. The number of ketones is 1. The van der Waals surface area contributed by atoms with Crippen LogP contribution in [-0.4, -0.2) is 28.7 Å². The number of nitrogens with zero attached hydrogens (tertiary/aromatic N) is 1. The van der Waals surface area contributed by atoms with Gasteiger partial charge in [0.15, 0.2) is 5.78 Å². The minimum atomic E-state index is -0.470. The van der Waals surface area contributed by atoms with Crippen molar-refractivity contribution < 1.29 is 23.5 Å². The topological polar surface area (TPSA) is 63.7 Å². The summed E-state index contributed by atoms with van der Waals surface area (Å²) in [5, 5.41) is -0.470. The first-order valence-electron chi connectivity index (χ1n) is 12.5. The Kier molecular flexibility index (Phi) is 8.77. The van der Waals surface area contributed by atoms with Gasteiger partial charge in [0.1, 0.15) is 16.8 Å². The second-order valence-electron chi connectivity index (χ2n) is 9.10. The van der Waals surface area contributed by atoms with Crippen LogP contribution in [0.4, 0.5) is 10.1 Å². The van der Waals surface area contributed by atoms with E-state index < -0.39 is 11.2 Å². The summed E-state index contributed by atoms with van der Waals surface area (Å²) in [5.41, 5.74) is 3.28. The van der Waals surface area contributed by atoms with Gasteiger partial charge in [-0.25, -0.2) is 4.39 Å². The van der Waals surface area contributed by atoms with E-state index in [0.29, 0.717) is 17.0 Å². The van der Waals surface area contributed by atoms with E-state index in [1.165, 1.54) is 49.2 Å². The number of esters is 1. The molecule has 1 aliphatic heterocycles. The highest BCUT2D eigenvalue weighted by Crippen LogP contribution is 2.45. The monoisotopic (exact) mass is 519 g/mol. The Morgan fingerprint density at radius 1 is 0.946 bits per heavy atom. The zero-order valence-electron chi connectivity index (χ0n) is 21.0. The first kappa shape index (κ1) is 26.6. The number of hydrogen-bond donors (Lipinski definition) is 0. The van der Waals surface area contributed by atoms with Crippen molar-refractivity contribution in [3.05, 3.63) is 95.3 Å². The number of carbonyl (C=O) groups excluding carboxylic acids is 3. The molecule has 1 amide bonds. The fourth-order valence-corrected chi connectivity index (χ4v) is 5.64. The number of ether oxygens (including phenoxy) is 1. The third-order valence-corrected chi connectivity index (χ3v) is 7.62. The van der Waals surface area contributed by atoms with Gasteiger partial charge in [-0.2, -0.15) is 0 Å². The van der Waals surface area contributed by atoms with Crippen molar-refractivity contribution in [1.29, 1.82) is 0 Å². The minimum Gasteiger partial charge on any atom is -0.427 e. The molecule has 0 spiro atoms. The van der Waals surface area contributed by atoms with Crippen LogP contribution in [0, 0.1) is 5.82 Å². The quantitative estimate of drug-likeness (QED) is 0.0944. The molecule has 7 heteroatoms. The van der Waals surface area contributed by atoms with Crippen LogP contribution in [0.3, 0.4) is 0 Å². The van der Waals surface area contributed by atoms with Gasteiger partial charge in [-0.15, -0.1) is 11.8 Å². The number of halogens is 1. The number of Topliss-reactive ketones (excluding diaryl/α,β-unsaturated/α-hetero) is 1. The molecular formula is C30H30FNO4S. The average Bonchev–Trinajstić information content (AvgIpc) is 2.89. The van der Waals surface area contributed by atoms with E-state index in [1.807, 2.05) is 24.3 Å². The Balaban J connectivity index is 1.47. The SMILES string of the molecule is CCCCCc1ccc(C(=O)CSC2C(=O)N(c3ccc(F)cc3)C2c2ccc(OC(C)=O)cc2)cc1. The summed E-state index contributed by atoms with van der Waals surface area (Å²) < 4.78 is 18.6. The van der Waals surface area contributed by atoms with Crippen LogP contribution in [0.1, 0.15) is 60.6 Å². The van der Waals surface area contributed by atoms with E-state index in [4.69, 9.17) is 4.74 Å². The minimum absolute atomic E-state index is 0.0258. The maximum Gasteiger partial charge on any atom is 0.308 e. The summed E-state index contributed by atoms with van der Waals surface area (Å²) in [6, 6.07) is 20.1. The van der Waals surface area contributed by atoms with Gasteiger partial charge in [0.2, 0.25) is 5.91 Å². The standard InChI is InChI=1S/C30H30FNO4S/c1-3-4-5-6-21-7-9-22(10-8-21)27(34)19-37-29-28(23-11-17-26(18-12-23)36-20(2)33)32(30(29)35)25-15-13-24(31)14-16-25/h7-18,28-29H,3-6,19H2,1-2H3. The second-order valence-corrected chi connectivity index (χ2v) is 10.2. The number of anilines is 1. The molecular weight excluding hydrogens is 489 g/mol. The highest BCUT2D eigenvalue weighted by Gasteiger charge is 2.49. The number of unbranched alkanes of at least 4 members (excludes halogenated alkanes) is 2. The van der Waals surface area contributed by atoms with E-state index in [0.717, 1.165) is 18.4 Å². The van der Waals surface area contributed by atoms with Crippen molar-refractivity contribution in [2.75, 3.05) is 10.7 Å². The lowest BCUT2D eigenvalue weighted by Gasteiger charge is -2.47. The number of benzene rings is 3. The lowest BCUT2D eigenvalue weighted by Crippen LogP contribution is -2.57. The summed E-state index contributed by atoms with van der Waals surface area (Å²) in [5.74, 6) is -0.378. The van der Waals surface area contributed by atoms with E-state index in [1.54, 1.807) is 41.3 Å². The molecule has 1 fully saturated rings. The molecule has 0 bridgehead atoms. The van der Waals surface area contributed by atoms with Gasteiger partial charge in [0.05, 0.1) is 11.8 Å². The average molecular weight is 520 g/mol. The number of carbonyl (C=O) groups is 3. The molecule has 2 unspecified atom stereocenters. The lowest BCUT2D eigenvalue weighted by atomic mass is 9.92. The molecule has 1 heterocycles. The van der Waals surface area contributed by atoms with Crippen molar-refractivity contribution in [2.45, 2.75) is 50.8 Å². The molecule has 192 valence electrons. The zero-order chi connectivity index (χ0) is 26.4. The second kappa shape index (κ2) is 12.2. The molecule has 3 aromatic carbocycles. The zero-order valence-corrected chi connectivity index (χ0v) is 21.8. The molecule has 1 saturated heterocycles. The Labute approximate surface area is 221 Å². The van der Waals surface area contributed by atoms with E-state index in [2.05, 4.69) is 6.92 Å². The maximum atomic E-state index is 13.5. The van der Waals surface area contributed by atoms with Gasteiger partial charge in [-0.3, -0.25) is 14.4 Å². The van der Waals surface area contributed by atoms with Gasteiger partial charge in [-0.1, -0.05) is 56.2 Å². The van der Waals surface area contributed by atoms with Gasteiger partial charge in [0, 0.05) is 18.2 Å². The summed E-state index contributed by atoms with van der Waals surface area (Å²) >= 11 is 1.31. The predicted octanol–water partition coefficient (Wildman–Crippen LogP) is 6.56. The summed E-state index contributed by atoms with van der Waals surface area (Å²) in [7, 11) is 0. The normalized spacial score (nSPS) is 16.8. The predicted molar refractivity (Wildman–Crippen MR) is 145 cm³/mol. The van der Waals surface area contributed by atoms with Crippen molar-refractivity contribution in [2.24, 2.45) is 0 Å². The van der Waals surface area contributed by atoms with Gasteiger partial charge in [0.25, 0.3) is 0 Å². The number of β-lactam (4-membered cyclic amide) rings is 1. The first-order chi connectivity index (χ1) is 17.9. The summed E-state index contributed by atoms with van der Waals surface area (Å²) in [6.45, 7) is 3.51. The third kappa shape index (κ3) is 6.46. The maximum absolute atomic E-state index is 13.5. The summed E-state index contributed by atoms with van der Waals surface area (Å²) in [4.78, 5) is 39.0. The van der Waals surface area contributed by atoms with E-state index in [9.17, 15) is 18.8 Å². The Bertz CT molecular complexity index is 1240. The van der Waals surface area contributed by atoms with Crippen LogP contribution in [0.2, 0.25) is 0 Å². The van der Waals surface area contributed by atoms with Crippen LogP contribution >= 0.6 is 11.8 Å². The Morgan fingerprint density at radius 3 is 2.24 bits per heavy atom. The number of hydrogen-bond acceptors (Lipinski definition) is 5. The van der Waals surface area contributed by atoms with Crippen molar-refractivity contribution in [3.8, 4) is 5.75 Å². The third-order valence-electron chi connectivity index (χ3n) is 6.37. The highest BCUT2D eigenvalue weighted by molar-refractivity contribution is 8.01. The van der Waals surface area contributed by atoms with Crippen LogP contribution in [-0.2, 0) is 16.0 Å². The Hall–Kier alpha value is -3.45. The first-order valence-corrected chi connectivity index (χ1v) is 13.5. The smallest absolute Gasteiger partial charge is 0.308 e. The molecule has 0 radical (unpaired) electrons. The number of rotatable bonds is 11. The van der Waals surface area contributed by atoms with Gasteiger partial charge < -0.3 is 9.64 Å². The number of thioether (sulfide) groups is 1. The molecule has 0 aromatic heterocycles. The molecule has 2 atom stereocenters. The van der Waals surface area contributed by atoms with Crippen LogP contribution < -0.4 is 9.64 Å². The van der Waals surface area contributed by atoms with E-state index in [-0.39, 0.29) is 29.3 Å². The lowest BCUT2D eigenvalue weighted by molar-refractivity contribution is -0.131. The fourth-order valence-electron chi connectivity index (χ4n) is 4.42. The van der Waals surface area contributed by atoms with Crippen LogP contribution in [0.5, 0.6) is 5.75 Å². The fraction of sp³-hybridized carbons (Fsp3) is 0.300. The molecule has 37 heavy (non-hydrogen) atoms. The van der Waals surface area contributed by atoms with Crippen molar-refractivity contribution >= 4 is 35.1 Å². The molecule has 0 N–H and O–H groups in total. The molecule has 4 rings (SSSR count). The molecule has 5 nitrogen and oxygen atoms in total.